The van der Waals surface area contributed by atoms with E-state index in [0.717, 1.165) is 6.42 Å². The number of aliphatic carboxylic acids is 1. The predicted molar refractivity (Wildman–Crippen MR) is 71.0 cm³/mol. The van der Waals surface area contributed by atoms with E-state index in [1.54, 1.807) is 25.9 Å². The maximum Gasteiger partial charge on any atom is 0.317 e. The van der Waals surface area contributed by atoms with Crippen LogP contribution in [0.25, 0.3) is 0 Å². The monoisotopic (exact) mass is 272 g/mol. The number of carboxylic acids is 1. The summed E-state index contributed by atoms with van der Waals surface area (Å²) in [6.07, 6.45) is 0.945. The van der Waals surface area contributed by atoms with Crippen LogP contribution >= 0.6 is 0 Å². The van der Waals surface area contributed by atoms with Gasteiger partial charge in [-0.05, 0) is 26.2 Å². The standard InChI is InChI=1S/C13H24N2O4/c1-9-5-6-15(7-10(9)19-4)12(18)14-8-13(2,3)11(16)17/h9-10H,5-8H2,1-4H3,(H,14,18)(H,16,17). The number of carboxylic acid groups (broad SMARTS) is 1. The molecule has 6 heteroatoms. The lowest BCUT2D eigenvalue weighted by Gasteiger charge is -2.36. The van der Waals surface area contributed by atoms with Crippen LogP contribution in [0, 0.1) is 11.3 Å². The summed E-state index contributed by atoms with van der Waals surface area (Å²) >= 11 is 0. The van der Waals surface area contributed by atoms with E-state index in [9.17, 15) is 9.59 Å². The van der Waals surface area contributed by atoms with E-state index in [1.165, 1.54) is 0 Å². The largest absolute Gasteiger partial charge is 0.481 e. The number of hydrogen-bond donors (Lipinski definition) is 2. The number of methoxy groups -OCH3 is 1. The van der Waals surface area contributed by atoms with Crippen molar-refractivity contribution in [2.24, 2.45) is 11.3 Å². The highest BCUT2D eigenvalue weighted by Crippen LogP contribution is 2.20. The van der Waals surface area contributed by atoms with Crippen molar-refractivity contribution >= 4 is 12.0 Å². The van der Waals surface area contributed by atoms with Crippen LogP contribution in [-0.2, 0) is 9.53 Å². The second-order valence-corrected chi connectivity index (χ2v) is 5.83. The Balaban J connectivity index is 2.48. The van der Waals surface area contributed by atoms with E-state index in [1.807, 2.05) is 0 Å². The number of carbonyl (C=O) groups is 2. The molecule has 1 heterocycles. The number of nitrogens with zero attached hydrogens (tertiary/aromatic N) is 1. The lowest BCUT2D eigenvalue weighted by Crippen LogP contribution is -2.52. The van der Waals surface area contributed by atoms with Gasteiger partial charge in [0.05, 0.1) is 11.5 Å². The average molecular weight is 272 g/mol. The highest BCUT2D eigenvalue weighted by atomic mass is 16.5. The van der Waals surface area contributed by atoms with Gasteiger partial charge >= 0.3 is 12.0 Å². The fourth-order valence-electron chi connectivity index (χ4n) is 2.01. The van der Waals surface area contributed by atoms with Gasteiger partial charge in [0.2, 0.25) is 0 Å². The van der Waals surface area contributed by atoms with Gasteiger partial charge in [0.25, 0.3) is 0 Å². The fourth-order valence-corrected chi connectivity index (χ4v) is 2.01. The molecule has 0 aromatic carbocycles. The van der Waals surface area contributed by atoms with Gasteiger partial charge in [0, 0.05) is 26.7 Å². The SMILES string of the molecule is COC1CN(C(=O)NCC(C)(C)C(=O)O)CCC1C. The summed E-state index contributed by atoms with van der Waals surface area (Å²) in [5.74, 6) is -0.487. The Morgan fingerprint density at radius 2 is 2.11 bits per heavy atom. The van der Waals surface area contributed by atoms with Gasteiger partial charge in [-0.2, -0.15) is 0 Å². The summed E-state index contributed by atoms with van der Waals surface area (Å²) in [7, 11) is 1.65. The predicted octanol–water partition coefficient (Wildman–Crippen LogP) is 1.16. The van der Waals surface area contributed by atoms with Crippen LogP contribution < -0.4 is 5.32 Å². The maximum atomic E-state index is 12.0. The molecule has 0 aromatic rings. The zero-order valence-corrected chi connectivity index (χ0v) is 12.1. The molecule has 2 N–H and O–H groups in total. The first-order chi connectivity index (χ1) is 8.77. The van der Waals surface area contributed by atoms with Gasteiger partial charge in [-0.1, -0.05) is 6.92 Å². The van der Waals surface area contributed by atoms with Crippen molar-refractivity contribution in [2.75, 3.05) is 26.7 Å². The Morgan fingerprint density at radius 3 is 2.63 bits per heavy atom. The van der Waals surface area contributed by atoms with Crippen LogP contribution in [0.2, 0.25) is 0 Å². The smallest absolute Gasteiger partial charge is 0.317 e. The average Bonchev–Trinajstić information content (AvgIpc) is 2.36. The van der Waals surface area contributed by atoms with Gasteiger partial charge in [0.15, 0.2) is 0 Å². The zero-order chi connectivity index (χ0) is 14.6. The molecule has 0 aliphatic carbocycles. The first-order valence-electron chi connectivity index (χ1n) is 6.57. The third kappa shape index (κ3) is 4.09. The highest BCUT2D eigenvalue weighted by Gasteiger charge is 2.31. The van der Waals surface area contributed by atoms with E-state index < -0.39 is 11.4 Å². The number of rotatable bonds is 4. The number of piperidine rings is 1. The third-order valence-corrected chi connectivity index (χ3v) is 3.74. The van der Waals surface area contributed by atoms with E-state index >= 15 is 0 Å². The van der Waals surface area contributed by atoms with Gasteiger partial charge in [-0.15, -0.1) is 0 Å². The molecule has 2 unspecified atom stereocenters. The van der Waals surface area contributed by atoms with Crippen LogP contribution in [0.4, 0.5) is 4.79 Å². The molecule has 0 radical (unpaired) electrons. The summed E-state index contributed by atoms with van der Waals surface area (Å²) in [6.45, 7) is 6.64. The van der Waals surface area contributed by atoms with Crippen molar-refractivity contribution in [3.05, 3.63) is 0 Å². The lowest BCUT2D eigenvalue weighted by atomic mass is 9.94. The zero-order valence-electron chi connectivity index (χ0n) is 12.1. The van der Waals surface area contributed by atoms with Crippen molar-refractivity contribution in [3.63, 3.8) is 0 Å². The molecule has 0 saturated carbocycles. The molecule has 2 amide bonds. The summed E-state index contributed by atoms with van der Waals surface area (Å²) < 4.78 is 5.35. The first-order valence-corrected chi connectivity index (χ1v) is 6.57. The molecule has 1 rings (SSSR count). The quantitative estimate of drug-likeness (QED) is 0.805. The van der Waals surface area contributed by atoms with Crippen LogP contribution in [0.15, 0.2) is 0 Å². The Bertz CT molecular complexity index is 344. The van der Waals surface area contributed by atoms with E-state index in [0.29, 0.717) is 19.0 Å². The molecule has 1 saturated heterocycles. The number of amides is 2. The van der Waals surface area contributed by atoms with Gasteiger partial charge in [-0.3, -0.25) is 4.79 Å². The Morgan fingerprint density at radius 1 is 1.47 bits per heavy atom. The number of urea groups is 1. The Hall–Kier alpha value is -1.30. The molecular weight excluding hydrogens is 248 g/mol. The van der Waals surface area contributed by atoms with Crippen molar-refractivity contribution in [1.82, 2.24) is 10.2 Å². The van der Waals surface area contributed by atoms with Gasteiger partial charge in [0.1, 0.15) is 0 Å². The number of carbonyl (C=O) groups excluding carboxylic acids is 1. The van der Waals surface area contributed by atoms with Crippen molar-refractivity contribution in [3.8, 4) is 0 Å². The van der Waals surface area contributed by atoms with E-state index in [4.69, 9.17) is 9.84 Å². The lowest BCUT2D eigenvalue weighted by molar-refractivity contribution is -0.146. The topological polar surface area (TPSA) is 78.9 Å². The third-order valence-electron chi connectivity index (χ3n) is 3.74. The first kappa shape index (κ1) is 15.8. The van der Waals surface area contributed by atoms with Gasteiger partial charge < -0.3 is 20.1 Å². The van der Waals surface area contributed by atoms with Crippen LogP contribution in [-0.4, -0.2) is 54.9 Å². The normalized spacial score (nSPS) is 24.1. The maximum absolute atomic E-state index is 12.0. The van der Waals surface area contributed by atoms with Gasteiger partial charge in [-0.25, -0.2) is 4.79 Å². The molecule has 0 aromatic heterocycles. The minimum atomic E-state index is -0.959. The second kappa shape index (κ2) is 6.23. The van der Waals surface area contributed by atoms with Crippen LogP contribution in [0.5, 0.6) is 0 Å². The molecule has 0 bridgehead atoms. The molecule has 19 heavy (non-hydrogen) atoms. The number of hydrogen-bond acceptors (Lipinski definition) is 3. The fraction of sp³-hybridized carbons (Fsp3) is 0.846. The summed E-state index contributed by atoms with van der Waals surface area (Å²) in [5.41, 5.74) is -0.959. The van der Waals surface area contributed by atoms with Crippen molar-refractivity contribution in [1.29, 1.82) is 0 Å². The molecular formula is C13H24N2O4. The summed E-state index contributed by atoms with van der Waals surface area (Å²) in [5, 5.41) is 11.7. The molecule has 1 aliphatic heterocycles. The minimum absolute atomic E-state index is 0.0481. The van der Waals surface area contributed by atoms with E-state index in [-0.39, 0.29) is 18.7 Å². The second-order valence-electron chi connectivity index (χ2n) is 5.83. The van der Waals surface area contributed by atoms with Crippen molar-refractivity contribution in [2.45, 2.75) is 33.3 Å². The van der Waals surface area contributed by atoms with Crippen LogP contribution in [0.3, 0.4) is 0 Å². The number of nitrogens with one attached hydrogen (secondary N) is 1. The van der Waals surface area contributed by atoms with Crippen LogP contribution in [0.1, 0.15) is 27.2 Å². The molecule has 1 fully saturated rings. The Kier molecular flexibility index (Phi) is 5.17. The summed E-state index contributed by atoms with van der Waals surface area (Å²) in [4.78, 5) is 24.7. The highest BCUT2D eigenvalue weighted by molar-refractivity contribution is 5.77. The Labute approximate surface area is 114 Å². The molecule has 0 spiro atoms. The van der Waals surface area contributed by atoms with Crippen molar-refractivity contribution < 1.29 is 19.4 Å². The minimum Gasteiger partial charge on any atom is -0.481 e. The molecule has 1 aliphatic rings. The van der Waals surface area contributed by atoms with E-state index in [2.05, 4.69) is 12.2 Å². The summed E-state index contributed by atoms with van der Waals surface area (Å²) in [6, 6.07) is -0.219. The molecule has 2 atom stereocenters. The number of ether oxygens (including phenoxy) is 1. The number of likely N-dealkylation sites (tertiary alicyclic amines) is 1. The molecule has 6 nitrogen and oxygen atoms in total. The molecule has 110 valence electrons.